The third kappa shape index (κ3) is 4.47. The molecule has 0 saturated heterocycles. The minimum atomic E-state index is -0.791. The van der Waals surface area contributed by atoms with Crippen LogP contribution in [0, 0.1) is 5.39 Å². The molecule has 23 heavy (non-hydrogen) atoms. The number of phenols is 1. The normalized spacial score (nSPS) is 10.7. The van der Waals surface area contributed by atoms with Crippen molar-refractivity contribution in [3.63, 3.8) is 0 Å². The third-order valence-corrected chi connectivity index (χ3v) is 3.01. The first-order valence-electron chi connectivity index (χ1n) is 6.75. The quantitative estimate of drug-likeness (QED) is 0.385. The number of para-hydroxylation sites is 1. The van der Waals surface area contributed by atoms with Crippen molar-refractivity contribution in [1.29, 1.82) is 5.39 Å². The number of aliphatic hydroxyl groups excluding tert-OH is 1. The summed E-state index contributed by atoms with van der Waals surface area (Å²) in [6.45, 7) is 0.415. The van der Waals surface area contributed by atoms with Gasteiger partial charge < -0.3 is 20.8 Å². The smallest absolute Gasteiger partial charge is 0.397 e. The van der Waals surface area contributed by atoms with Gasteiger partial charge in [0, 0.05) is 23.5 Å². The van der Waals surface area contributed by atoms with E-state index in [1.807, 2.05) is 6.07 Å². The van der Waals surface area contributed by atoms with Crippen LogP contribution in [0.25, 0.3) is 4.98 Å². The lowest BCUT2D eigenvalue weighted by Gasteiger charge is -2.10. The van der Waals surface area contributed by atoms with E-state index in [2.05, 4.69) is 15.6 Å². The van der Waals surface area contributed by atoms with Gasteiger partial charge in [0.2, 0.25) is 5.39 Å². The molecule has 7 heteroatoms. The van der Waals surface area contributed by atoms with Crippen LogP contribution < -0.4 is 10.6 Å². The molecule has 2 aromatic carbocycles. The number of carbonyl (C=O) groups excluding carboxylic acids is 1. The van der Waals surface area contributed by atoms with Crippen molar-refractivity contribution in [2.45, 2.75) is 6.54 Å². The molecule has 0 bridgehead atoms. The van der Waals surface area contributed by atoms with Gasteiger partial charge in [-0.1, -0.05) is 24.3 Å². The van der Waals surface area contributed by atoms with Gasteiger partial charge in [0.05, 0.1) is 0 Å². The molecule has 0 heterocycles. The van der Waals surface area contributed by atoms with E-state index in [1.54, 1.807) is 42.5 Å². The molecule has 1 amide bonds. The minimum absolute atomic E-state index is 0.201. The Bertz CT molecular complexity index is 781. The average molecular weight is 311 g/mol. The van der Waals surface area contributed by atoms with Crippen LogP contribution in [0.2, 0.25) is 0 Å². The van der Waals surface area contributed by atoms with Crippen molar-refractivity contribution in [3.8, 4) is 5.75 Å². The summed E-state index contributed by atoms with van der Waals surface area (Å²) in [5.74, 6) is -1.30. The largest absolute Gasteiger partial charge is 0.508 e. The second kappa shape index (κ2) is 7.47. The van der Waals surface area contributed by atoms with Gasteiger partial charge >= 0.3 is 6.20 Å². The van der Waals surface area contributed by atoms with E-state index >= 15 is 0 Å². The highest BCUT2D eigenvalue weighted by Crippen LogP contribution is 2.20. The molecular formula is C16H15N4O3+. The third-order valence-electron chi connectivity index (χ3n) is 3.01. The number of carbonyl (C=O) groups is 1. The van der Waals surface area contributed by atoms with Crippen LogP contribution >= 0.6 is 0 Å². The highest BCUT2D eigenvalue weighted by molar-refractivity contribution is 6.02. The van der Waals surface area contributed by atoms with Crippen molar-refractivity contribution in [2.24, 2.45) is 0 Å². The van der Waals surface area contributed by atoms with Gasteiger partial charge in [0.1, 0.15) is 5.75 Å². The van der Waals surface area contributed by atoms with Crippen LogP contribution in [0.3, 0.4) is 0 Å². The zero-order valence-electron chi connectivity index (χ0n) is 12.1. The van der Waals surface area contributed by atoms with E-state index in [4.69, 9.17) is 5.39 Å². The molecule has 0 saturated carbocycles. The van der Waals surface area contributed by atoms with Crippen molar-refractivity contribution < 1.29 is 15.0 Å². The maximum Gasteiger partial charge on any atom is 0.397 e. The van der Waals surface area contributed by atoms with E-state index in [9.17, 15) is 15.0 Å². The van der Waals surface area contributed by atoms with Gasteiger partial charge in [-0.25, -0.2) is 0 Å². The maximum absolute atomic E-state index is 11.6. The maximum atomic E-state index is 11.6. The van der Waals surface area contributed by atoms with Crippen LogP contribution in [-0.4, -0.2) is 16.1 Å². The number of rotatable bonds is 5. The molecule has 116 valence electrons. The SMILES string of the molecule is N#[N+]/C=C(/O)C(=O)Nc1cccc(NCc2ccccc2O)c1. The van der Waals surface area contributed by atoms with Crippen molar-refractivity contribution >= 4 is 17.3 Å². The number of phenolic OH excluding ortho intramolecular Hbond substituents is 1. The summed E-state index contributed by atoms with van der Waals surface area (Å²) in [5.41, 5.74) is 1.92. The predicted molar refractivity (Wildman–Crippen MR) is 86.3 cm³/mol. The summed E-state index contributed by atoms with van der Waals surface area (Å²) < 4.78 is 0. The Balaban J connectivity index is 2.03. The number of aliphatic hydroxyl groups is 1. The van der Waals surface area contributed by atoms with Crippen molar-refractivity contribution in [1.82, 2.24) is 0 Å². The standard InChI is InChI=1S/C16H14N4O3/c17-19-10-15(22)16(23)20-13-6-3-5-12(8-13)18-9-11-4-1-2-7-14(11)21/h1-8,10,18H,9H2,(H2-,20,21,22,23)/p+1/b15-10+. The molecular weight excluding hydrogens is 296 g/mol. The first-order chi connectivity index (χ1) is 11.1. The molecule has 0 fully saturated rings. The summed E-state index contributed by atoms with van der Waals surface area (Å²) in [6.07, 6.45) is 0.635. The molecule has 0 unspecified atom stereocenters. The van der Waals surface area contributed by atoms with E-state index in [0.717, 1.165) is 11.3 Å². The Hall–Kier alpha value is -3.53. The fourth-order valence-electron chi connectivity index (χ4n) is 1.87. The van der Waals surface area contributed by atoms with Gasteiger partial charge in [0.25, 0.3) is 11.7 Å². The molecule has 7 nitrogen and oxygen atoms in total. The molecule has 0 aliphatic carbocycles. The number of nitrogens with one attached hydrogen (secondary N) is 2. The van der Waals surface area contributed by atoms with Gasteiger partial charge in [-0.15, -0.1) is 0 Å². The number of hydrogen-bond donors (Lipinski definition) is 4. The molecule has 4 N–H and O–H groups in total. The molecule has 0 radical (unpaired) electrons. The topological polar surface area (TPSA) is 110 Å². The number of amides is 1. The number of diazo groups is 1. The minimum Gasteiger partial charge on any atom is -0.508 e. The number of nitrogens with zero attached hydrogens (tertiary/aromatic N) is 2. The number of hydrogen-bond acceptors (Lipinski definition) is 5. The van der Waals surface area contributed by atoms with E-state index in [-0.39, 0.29) is 5.75 Å². The van der Waals surface area contributed by atoms with Gasteiger partial charge in [-0.05, 0) is 24.3 Å². The summed E-state index contributed by atoms with van der Waals surface area (Å²) >= 11 is 0. The highest BCUT2D eigenvalue weighted by atomic mass is 16.3. The molecule has 2 aromatic rings. The summed E-state index contributed by atoms with van der Waals surface area (Å²) in [4.78, 5) is 14.2. The summed E-state index contributed by atoms with van der Waals surface area (Å²) in [6, 6.07) is 13.8. The Morgan fingerprint density at radius 2 is 1.91 bits per heavy atom. The Morgan fingerprint density at radius 1 is 1.17 bits per heavy atom. The predicted octanol–water partition coefficient (Wildman–Crippen LogP) is 3.20. The van der Waals surface area contributed by atoms with E-state index < -0.39 is 11.7 Å². The van der Waals surface area contributed by atoms with E-state index in [1.165, 1.54) is 0 Å². The number of benzene rings is 2. The van der Waals surface area contributed by atoms with Crippen molar-refractivity contribution in [3.05, 3.63) is 71.0 Å². The zero-order valence-corrected chi connectivity index (χ0v) is 12.1. The molecule has 0 spiro atoms. The molecule has 0 atom stereocenters. The lowest BCUT2D eigenvalue weighted by atomic mass is 10.2. The average Bonchev–Trinajstić information content (AvgIpc) is 2.54. The van der Waals surface area contributed by atoms with E-state index in [0.29, 0.717) is 18.4 Å². The molecule has 0 aromatic heterocycles. The van der Waals surface area contributed by atoms with Gasteiger partial charge in [-0.3, -0.25) is 4.79 Å². The lowest BCUT2D eigenvalue weighted by molar-refractivity contribution is -0.115. The fourth-order valence-corrected chi connectivity index (χ4v) is 1.87. The Labute approximate surface area is 132 Å². The van der Waals surface area contributed by atoms with Crippen LogP contribution in [0.1, 0.15) is 5.56 Å². The van der Waals surface area contributed by atoms with Gasteiger partial charge in [-0.2, -0.15) is 0 Å². The monoisotopic (exact) mass is 311 g/mol. The van der Waals surface area contributed by atoms with Crippen LogP contribution in [-0.2, 0) is 11.3 Å². The molecule has 0 aliphatic rings. The van der Waals surface area contributed by atoms with Crippen LogP contribution in [0.4, 0.5) is 11.4 Å². The van der Waals surface area contributed by atoms with Crippen molar-refractivity contribution in [2.75, 3.05) is 10.6 Å². The lowest BCUT2D eigenvalue weighted by Crippen LogP contribution is -2.14. The molecule has 2 rings (SSSR count). The second-order valence-electron chi connectivity index (χ2n) is 4.65. The zero-order chi connectivity index (χ0) is 16.7. The summed E-state index contributed by atoms with van der Waals surface area (Å²) in [5, 5.41) is 32.9. The first kappa shape index (κ1) is 15.9. The summed E-state index contributed by atoms with van der Waals surface area (Å²) in [7, 11) is 0. The Morgan fingerprint density at radius 3 is 2.65 bits per heavy atom. The number of aromatic hydroxyl groups is 1. The second-order valence-corrected chi connectivity index (χ2v) is 4.65. The first-order valence-corrected chi connectivity index (χ1v) is 6.75. The van der Waals surface area contributed by atoms with Gasteiger partial charge in [0.15, 0.2) is 4.98 Å². The van der Waals surface area contributed by atoms with Crippen LogP contribution in [0.15, 0.2) is 60.5 Å². The highest BCUT2D eigenvalue weighted by Gasteiger charge is 2.12. The van der Waals surface area contributed by atoms with Crippen LogP contribution in [0.5, 0.6) is 5.75 Å². The molecule has 0 aliphatic heterocycles. The Kier molecular flexibility index (Phi) is 5.15. The fraction of sp³-hybridized carbons (Fsp3) is 0.0625. The number of anilines is 2.